The van der Waals surface area contributed by atoms with Gasteiger partial charge in [0.1, 0.15) is 0 Å². The van der Waals surface area contributed by atoms with Gasteiger partial charge in [-0.05, 0) is 0 Å². The van der Waals surface area contributed by atoms with Crippen LogP contribution in [0.25, 0.3) is 0 Å². The van der Waals surface area contributed by atoms with Gasteiger partial charge in [0.25, 0.3) is 0 Å². The van der Waals surface area contributed by atoms with Crippen molar-refractivity contribution in [1.82, 2.24) is 0 Å². The number of carboxylic acid groups (broad SMARTS) is 3. The van der Waals surface area contributed by atoms with E-state index in [1.54, 1.807) is 0 Å². The molecule has 6 nitrogen and oxygen atoms in total. The molecule has 0 amide bonds. The van der Waals surface area contributed by atoms with Gasteiger partial charge in [-0.25, -0.2) is 14.4 Å². The first-order valence-electron chi connectivity index (χ1n) is 2.89. The number of hydrogen-bond donors (Lipinski definition) is 3. The maximum absolute atomic E-state index is 9.55. The second-order valence-corrected chi connectivity index (χ2v) is 1.55. The Morgan fingerprint density at radius 2 is 1.07 bits per heavy atom. The third kappa shape index (κ3) is 30.7. The van der Waals surface area contributed by atoms with Gasteiger partial charge in [-0.1, -0.05) is 6.58 Å². The molecule has 0 bridgehead atoms. The van der Waals surface area contributed by atoms with E-state index in [-0.39, 0.29) is 29.6 Å². The molecule has 0 rings (SSSR count). The Kier molecular flexibility index (Phi) is 15.8. The Hall–Kier alpha value is -1.11. The van der Waals surface area contributed by atoms with Crippen molar-refractivity contribution in [1.29, 1.82) is 0 Å². The average molecular weight is 212 g/mol. The molecule has 0 heterocycles. The van der Waals surface area contributed by atoms with Gasteiger partial charge in [-0.3, -0.25) is 0 Å². The van der Waals surface area contributed by atoms with Crippen molar-refractivity contribution >= 4 is 47.5 Å². The Morgan fingerprint density at radius 3 is 1.14 bits per heavy atom. The Morgan fingerprint density at radius 1 is 0.857 bits per heavy atom. The van der Waals surface area contributed by atoms with Gasteiger partial charge < -0.3 is 15.3 Å². The van der Waals surface area contributed by atoms with Crippen LogP contribution in [0.5, 0.6) is 0 Å². The van der Waals surface area contributed by atoms with E-state index in [0.717, 1.165) is 6.08 Å². The molecule has 0 saturated carbocycles. The van der Waals surface area contributed by atoms with E-state index in [0.29, 0.717) is 12.2 Å². The second kappa shape index (κ2) is 11.9. The standard InChI is InChI=1S/C4H4O4.C3H4O2.Na.H/c5-3(6)1-2-4(7)8;1-2-3(4)5;;/h1-2H,(H,5,6)(H,7,8);2H,1H2,(H,4,5);;. The molecule has 0 fully saturated rings. The van der Waals surface area contributed by atoms with Crippen LogP contribution in [0.4, 0.5) is 0 Å². The molecule has 0 spiro atoms. The summed E-state index contributed by atoms with van der Waals surface area (Å²) in [4.78, 5) is 28.4. The summed E-state index contributed by atoms with van der Waals surface area (Å²) >= 11 is 0. The van der Waals surface area contributed by atoms with Crippen LogP contribution in [0.2, 0.25) is 0 Å². The van der Waals surface area contributed by atoms with E-state index in [2.05, 4.69) is 6.58 Å². The fourth-order valence-electron chi connectivity index (χ4n) is 0.143. The van der Waals surface area contributed by atoms with Gasteiger partial charge in [0.15, 0.2) is 0 Å². The van der Waals surface area contributed by atoms with Crippen LogP contribution in [-0.4, -0.2) is 62.8 Å². The number of hydrogen-bond acceptors (Lipinski definition) is 3. The van der Waals surface area contributed by atoms with E-state index >= 15 is 0 Å². The van der Waals surface area contributed by atoms with Crippen LogP contribution < -0.4 is 0 Å². The first-order chi connectivity index (χ1) is 5.90. The number of rotatable bonds is 3. The zero-order valence-electron chi connectivity index (χ0n) is 6.51. The first kappa shape index (κ1) is 18.6. The third-order valence-corrected chi connectivity index (χ3v) is 0.543. The van der Waals surface area contributed by atoms with Gasteiger partial charge in [0.05, 0.1) is 0 Å². The van der Waals surface area contributed by atoms with Crippen molar-refractivity contribution in [2.45, 2.75) is 0 Å². The van der Waals surface area contributed by atoms with Crippen LogP contribution in [0.15, 0.2) is 24.8 Å². The molecular weight excluding hydrogens is 203 g/mol. The summed E-state index contributed by atoms with van der Waals surface area (Å²) in [5.74, 6) is -3.50. The number of aliphatic carboxylic acids is 3. The minimum atomic E-state index is -1.26. The van der Waals surface area contributed by atoms with E-state index in [9.17, 15) is 14.4 Å². The van der Waals surface area contributed by atoms with Crippen LogP contribution in [0.1, 0.15) is 0 Å². The molecule has 14 heavy (non-hydrogen) atoms. The van der Waals surface area contributed by atoms with Crippen molar-refractivity contribution in [3.8, 4) is 0 Å². The molecule has 0 atom stereocenters. The van der Waals surface area contributed by atoms with Crippen molar-refractivity contribution < 1.29 is 29.7 Å². The third-order valence-electron chi connectivity index (χ3n) is 0.543. The topological polar surface area (TPSA) is 112 Å². The molecule has 0 aromatic rings. The van der Waals surface area contributed by atoms with Crippen LogP contribution in [-0.2, 0) is 14.4 Å². The van der Waals surface area contributed by atoms with Gasteiger partial charge in [0, 0.05) is 18.2 Å². The molecule has 7 heteroatoms. The Labute approximate surface area is 102 Å². The molecule has 3 N–H and O–H groups in total. The summed E-state index contributed by atoms with van der Waals surface area (Å²) in [5, 5.41) is 23.2. The van der Waals surface area contributed by atoms with Crippen LogP contribution in [0.3, 0.4) is 0 Å². The second-order valence-electron chi connectivity index (χ2n) is 1.55. The summed E-state index contributed by atoms with van der Waals surface area (Å²) < 4.78 is 0. The van der Waals surface area contributed by atoms with Crippen LogP contribution in [0, 0.1) is 0 Å². The molecule has 0 aromatic heterocycles. The van der Waals surface area contributed by atoms with Crippen molar-refractivity contribution in [3.63, 3.8) is 0 Å². The van der Waals surface area contributed by atoms with E-state index in [1.807, 2.05) is 0 Å². The van der Waals surface area contributed by atoms with Gasteiger partial charge in [-0.15, -0.1) is 0 Å². The van der Waals surface area contributed by atoms with E-state index in [4.69, 9.17) is 15.3 Å². The van der Waals surface area contributed by atoms with E-state index < -0.39 is 17.9 Å². The predicted molar refractivity (Wildman–Crippen MR) is 49.4 cm³/mol. The Balaban J connectivity index is -0.000000177. The van der Waals surface area contributed by atoms with Gasteiger partial charge in [-0.2, -0.15) is 0 Å². The summed E-state index contributed by atoms with van der Waals surface area (Å²) in [7, 11) is 0. The quantitative estimate of drug-likeness (QED) is 0.422. The molecule has 0 aliphatic rings. The zero-order valence-corrected chi connectivity index (χ0v) is 6.51. The predicted octanol–water partition coefficient (Wildman–Crippen LogP) is -0.680. The summed E-state index contributed by atoms with van der Waals surface area (Å²) in [6.07, 6.45) is 1.95. The van der Waals surface area contributed by atoms with E-state index in [1.165, 1.54) is 0 Å². The fraction of sp³-hybridized carbons (Fsp3) is 0. The van der Waals surface area contributed by atoms with Gasteiger partial charge >= 0.3 is 47.5 Å². The number of carbonyl (C=O) groups is 3. The Bertz CT molecular complexity index is 229. The summed E-state index contributed by atoms with van der Waals surface area (Å²) in [5.41, 5.74) is 0. The summed E-state index contributed by atoms with van der Waals surface area (Å²) in [6.45, 7) is 2.96. The molecule has 0 saturated heterocycles. The first-order valence-corrected chi connectivity index (χ1v) is 2.89. The SMILES string of the molecule is C=CC(=O)O.O=C(O)C=CC(=O)O.[NaH]. The van der Waals surface area contributed by atoms with Gasteiger partial charge in [0.2, 0.25) is 0 Å². The van der Waals surface area contributed by atoms with Crippen LogP contribution >= 0.6 is 0 Å². The average Bonchev–Trinajstić information content (AvgIpc) is 2.02. The van der Waals surface area contributed by atoms with Crippen molar-refractivity contribution in [3.05, 3.63) is 24.8 Å². The zero-order chi connectivity index (χ0) is 10.9. The summed E-state index contributed by atoms with van der Waals surface area (Å²) in [6, 6.07) is 0. The normalized spacial score (nSPS) is 7.71. The molecule has 74 valence electrons. The molecule has 0 unspecified atom stereocenters. The molecule has 0 aliphatic heterocycles. The number of carboxylic acids is 3. The molecule has 0 aromatic carbocycles. The molecular formula is C7H9NaO6. The molecule has 0 aliphatic carbocycles. The minimum absolute atomic E-state index is 0. The monoisotopic (exact) mass is 212 g/mol. The fourth-order valence-corrected chi connectivity index (χ4v) is 0.143. The maximum atomic E-state index is 9.55. The van der Waals surface area contributed by atoms with Crippen molar-refractivity contribution in [2.24, 2.45) is 0 Å². The van der Waals surface area contributed by atoms with Crippen molar-refractivity contribution in [2.75, 3.05) is 0 Å². The molecule has 0 radical (unpaired) electrons.